The lowest BCUT2D eigenvalue weighted by Crippen LogP contribution is -2.38. The molecule has 3 amide bonds. The van der Waals surface area contributed by atoms with E-state index in [0.717, 1.165) is 17.7 Å². The lowest BCUT2D eigenvalue weighted by molar-refractivity contribution is 0.0693. The number of halogens is 1. The maximum atomic E-state index is 12.1. The second-order valence-corrected chi connectivity index (χ2v) is 5.64. The molecule has 2 aliphatic rings. The summed E-state index contributed by atoms with van der Waals surface area (Å²) in [6.07, 6.45) is 2.25. The van der Waals surface area contributed by atoms with Crippen LogP contribution in [0.3, 0.4) is 0 Å². The highest BCUT2D eigenvalue weighted by atomic mass is 35.5. The van der Waals surface area contributed by atoms with Crippen LogP contribution in [0.5, 0.6) is 0 Å². The summed E-state index contributed by atoms with van der Waals surface area (Å²) in [6.45, 7) is 0.424. The molecule has 0 bridgehead atoms. The molecule has 6 nitrogen and oxygen atoms in total. The summed E-state index contributed by atoms with van der Waals surface area (Å²) in [5.41, 5.74) is 6.92. The number of nitrogens with one attached hydrogen (secondary N) is 1. The standard InChI is InChI=1S/C15H17N3O3.ClH/c1-18-14(20)10-5-4-9(6-11(10)15(18)21)13(19)17-7-12(16)8-2-3-8;/h4-6,8,12H,2-3,7,16H2,1H3,(H,17,19);1H. The number of fused-ring (bicyclic) bond motifs is 1. The summed E-state index contributed by atoms with van der Waals surface area (Å²) in [4.78, 5) is 36.8. The van der Waals surface area contributed by atoms with Crippen LogP contribution in [0.4, 0.5) is 0 Å². The molecule has 1 saturated carbocycles. The van der Waals surface area contributed by atoms with Gasteiger partial charge in [-0.3, -0.25) is 19.3 Å². The average Bonchev–Trinajstić information content (AvgIpc) is 3.31. The van der Waals surface area contributed by atoms with E-state index in [-0.39, 0.29) is 41.7 Å². The van der Waals surface area contributed by atoms with Gasteiger partial charge < -0.3 is 11.1 Å². The van der Waals surface area contributed by atoms with Crippen molar-refractivity contribution in [2.45, 2.75) is 18.9 Å². The first-order valence-electron chi connectivity index (χ1n) is 6.99. The Hall–Kier alpha value is -1.92. The minimum atomic E-state index is -0.376. The fourth-order valence-electron chi connectivity index (χ4n) is 2.51. The molecule has 1 unspecified atom stereocenters. The highest BCUT2D eigenvalue weighted by molar-refractivity contribution is 6.21. The van der Waals surface area contributed by atoms with Crippen LogP contribution in [0, 0.1) is 5.92 Å². The van der Waals surface area contributed by atoms with Gasteiger partial charge >= 0.3 is 0 Å². The zero-order valence-electron chi connectivity index (χ0n) is 12.2. The SMILES string of the molecule is CN1C(=O)c2ccc(C(=O)NCC(N)C3CC3)cc2C1=O.Cl. The van der Waals surface area contributed by atoms with Crippen molar-refractivity contribution in [3.63, 3.8) is 0 Å². The molecule has 1 fully saturated rings. The molecule has 1 aromatic rings. The Balaban J connectivity index is 0.00000176. The summed E-state index contributed by atoms with van der Waals surface area (Å²) in [6, 6.07) is 4.53. The van der Waals surface area contributed by atoms with E-state index in [9.17, 15) is 14.4 Å². The number of hydrogen-bond acceptors (Lipinski definition) is 4. The molecule has 118 valence electrons. The van der Waals surface area contributed by atoms with E-state index in [2.05, 4.69) is 5.32 Å². The predicted molar refractivity (Wildman–Crippen MR) is 83.1 cm³/mol. The Morgan fingerprint density at radius 3 is 2.59 bits per heavy atom. The Kier molecular flexibility index (Phi) is 4.53. The monoisotopic (exact) mass is 323 g/mol. The van der Waals surface area contributed by atoms with Crippen LogP contribution in [0.25, 0.3) is 0 Å². The first kappa shape index (κ1) is 16.5. The summed E-state index contributed by atoms with van der Waals surface area (Å²) in [5.74, 6) is -0.473. The smallest absolute Gasteiger partial charge is 0.261 e. The zero-order valence-corrected chi connectivity index (χ0v) is 13.0. The van der Waals surface area contributed by atoms with Crippen molar-refractivity contribution in [3.05, 3.63) is 34.9 Å². The molecule has 1 aliphatic carbocycles. The number of carbonyl (C=O) groups is 3. The molecular weight excluding hydrogens is 306 g/mol. The molecule has 0 aromatic heterocycles. The third kappa shape index (κ3) is 2.84. The number of hydrogen-bond donors (Lipinski definition) is 2. The fraction of sp³-hybridized carbons (Fsp3) is 0.400. The van der Waals surface area contributed by atoms with Crippen molar-refractivity contribution in [2.75, 3.05) is 13.6 Å². The molecule has 0 spiro atoms. The summed E-state index contributed by atoms with van der Waals surface area (Å²) in [5, 5.41) is 2.77. The molecular formula is C15H18ClN3O3. The highest BCUT2D eigenvalue weighted by Crippen LogP contribution is 2.31. The van der Waals surface area contributed by atoms with Gasteiger partial charge in [0.1, 0.15) is 0 Å². The highest BCUT2D eigenvalue weighted by Gasteiger charge is 2.33. The van der Waals surface area contributed by atoms with Crippen molar-refractivity contribution in [2.24, 2.45) is 11.7 Å². The van der Waals surface area contributed by atoms with Gasteiger partial charge in [-0.2, -0.15) is 0 Å². The van der Waals surface area contributed by atoms with Crippen LogP contribution < -0.4 is 11.1 Å². The third-order valence-corrected chi connectivity index (χ3v) is 4.08. The Bertz CT molecular complexity index is 643. The van der Waals surface area contributed by atoms with Gasteiger partial charge in [-0.05, 0) is 37.0 Å². The van der Waals surface area contributed by atoms with E-state index in [1.807, 2.05) is 0 Å². The summed E-state index contributed by atoms with van der Waals surface area (Å²) in [7, 11) is 1.43. The lowest BCUT2D eigenvalue weighted by atomic mass is 10.1. The number of carbonyl (C=O) groups excluding carboxylic acids is 3. The number of nitrogens with two attached hydrogens (primary N) is 1. The molecule has 1 atom stereocenters. The molecule has 7 heteroatoms. The second kappa shape index (κ2) is 6.06. The molecule has 0 saturated heterocycles. The minimum Gasteiger partial charge on any atom is -0.350 e. The van der Waals surface area contributed by atoms with E-state index in [4.69, 9.17) is 5.73 Å². The molecule has 0 radical (unpaired) electrons. The summed E-state index contributed by atoms with van der Waals surface area (Å²) < 4.78 is 0. The van der Waals surface area contributed by atoms with Gasteiger partial charge in [0.25, 0.3) is 17.7 Å². The molecule has 1 aliphatic heterocycles. The number of benzene rings is 1. The number of imide groups is 1. The quantitative estimate of drug-likeness (QED) is 0.802. The molecule has 3 rings (SSSR count). The van der Waals surface area contributed by atoms with Crippen LogP contribution in [0.2, 0.25) is 0 Å². The van der Waals surface area contributed by atoms with Gasteiger partial charge in [0.05, 0.1) is 11.1 Å². The topological polar surface area (TPSA) is 92.5 Å². The van der Waals surface area contributed by atoms with E-state index in [0.29, 0.717) is 23.6 Å². The maximum Gasteiger partial charge on any atom is 0.261 e. The maximum absolute atomic E-state index is 12.1. The molecule has 3 N–H and O–H groups in total. The number of amides is 3. The average molecular weight is 324 g/mol. The van der Waals surface area contributed by atoms with Crippen molar-refractivity contribution in [1.29, 1.82) is 0 Å². The van der Waals surface area contributed by atoms with Crippen LogP contribution in [0.1, 0.15) is 43.9 Å². The van der Waals surface area contributed by atoms with Gasteiger partial charge in [0.15, 0.2) is 0 Å². The van der Waals surface area contributed by atoms with Gasteiger partial charge in [0, 0.05) is 25.2 Å². The van der Waals surface area contributed by atoms with Crippen molar-refractivity contribution >= 4 is 30.1 Å². The van der Waals surface area contributed by atoms with Crippen LogP contribution in [-0.2, 0) is 0 Å². The largest absolute Gasteiger partial charge is 0.350 e. The van der Waals surface area contributed by atoms with Gasteiger partial charge in [-0.25, -0.2) is 0 Å². The van der Waals surface area contributed by atoms with Crippen molar-refractivity contribution < 1.29 is 14.4 Å². The second-order valence-electron chi connectivity index (χ2n) is 5.64. The number of rotatable bonds is 4. The van der Waals surface area contributed by atoms with Gasteiger partial charge in [-0.1, -0.05) is 0 Å². The first-order valence-corrected chi connectivity index (χ1v) is 6.99. The molecule has 1 heterocycles. The normalized spacial score (nSPS) is 17.8. The van der Waals surface area contributed by atoms with E-state index < -0.39 is 0 Å². The van der Waals surface area contributed by atoms with Crippen LogP contribution in [-0.4, -0.2) is 42.3 Å². The Labute approximate surface area is 134 Å². The minimum absolute atomic E-state index is 0. The molecule has 1 aromatic carbocycles. The Morgan fingerprint density at radius 2 is 1.95 bits per heavy atom. The Morgan fingerprint density at radius 1 is 1.32 bits per heavy atom. The van der Waals surface area contributed by atoms with Gasteiger partial charge in [0.2, 0.25) is 0 Å². The van der Waals surface area contributed by atoms with Crippen molar-refractivity contribution in [3.8, 4) is 0 Å². The number of nitrogens with zero attached hydrogens (tertiary/aromatic N) is 1. The third-order valence-electron chi connectivity index (χ3n) is 4.08. The van der Waals surface area contributed by atoms with E-state index in [1.54, 1.807) is 6.07 Å². The lowest BCUT2D eigenvalue weighted by Gasteiger charge is -2.11. The first-order chi connectivity index (χ1) is 9.99. The zero-order chi connectivity index (χ0) is 15.1. The summed E-state index contributed by atoms with van der Waals surface area (Å²) >= 11 is 0. The van der Waals surface area contributed by atoms with Crippen molar-refractivity contribution in [1.82, 2.24) is 10.2 Å². The molecule has 22 heavy (non-hydrogen) atoms. The predicted octanol–water partition coefficient (Wildman–Crippen LogP) is 0.801. The van der Waals surface area contributed by atoms with E-state index in [1.165, 1.54) is 19.2 Å². The van der Waals surface area contributed by atoms with Crippen LogP contribution in [0.15, 0.2) is 18.2 Å². The fourth-order valence-corrected chi connectivity index (χ4v) is 2.51. The van der Waals surface area contributed by atoms with Gasteiger partial charge in [-0.15, -0.1) is 12.4 Å². The van der Waals surface area contributed by atoms with E-state index >= 15 is 0 Å². The van der Waals surface area contributed by atoms with Crippen LogP contribution >= 0.6 is 12.4 Å².